The fourth-order valence-corrected chi connectivity index (χ4v) is 4.69. The molecule has 146 valence electrons. The minimum absolute atomic E-state index is 0.260. The molecule has 29 heavy (non-hydrogen) atoms. The highest BCUT2D eigenvalue weighted by atomic mass is 32.2. The van der Waals surface area contributed by atoms with Gasteiger partial charge in [-0.05, 0) is 42.5 Å². The van der Waals surface area contributed by atoms with Gasteiger partial charge in [-0.2, -0.15) is 0 Å². The van der Waals surface area contributed by atoms with Crippen molar-refractivity contribution in [1.29, 1.82) is 0 Å². The van der Waals surface area contributed by atoms with E-state index in [1.165, 1.54) is 12.1 Å². The van der Waals surface area contributed by atoms with Gasteiger partial charge in [0.05, 0.1) is 5.69 Å². The molecule has 9 heteroatoms. The van der Waals surface area contributed by atoms with Crippen molar-refractivity contribution in [2.45, 2.75) is 10.9 Å². The molecule has 0 aliphatic carbocycles. The van der Waals surface area contributed by atoms with Crippen LogP contribution in [0.1, 0.15) is 5.69 Å². The summed E-state index contributed by atoms with van der Waals surface area (Å²) in [7, 11) is 1.90. The average Bonchev–Trinajstić information content (AvgIpc) is 3.46. The van der Waals surface area contributed by atoms with Crippen LogP contribution in [0.3, 0.4) is 0 Å². The molecule has 0 saturated carbocycles. The van der Waals surface area contributed by atoms with Gasteiger partial charge in [-0.25, -0.2) is 9.37 Å². The number of hydrogen-bond acceptors (Lipinski definition) is 7. The van der Waals surface area contributed by atoms with E-state index in [1.807, 2.05) is 35.2 Å². The Kier molecular flexibility index (Phi) is 4.69. The molecule has 0 N–H and O–H groups in total. The Balaban J connectivity index is 1.30. The quantitative estimate of drug-likeness (QED) is 0.429. The first-order chi connectivity index (χ1) is 14.2. The van der Waals surface area contributed by atoms with Crippen LogP contribution in [0.2, 0.25) is 0 Å². The van der Waals surface area contributed by atoms with E-state index in [2.05, 4.69) is 10.2 Å². The van der Waals surface area contributed by atoms with Crippen molar-refractivity contribution in [2.75, 3.05) is 6.79 Å². The highest BCUT2D eigenvalue weighted by molar-refractivity contribution is 7.98. The van der Waals surface area contributed by atoms with Gasteiger partial charge < -0.3 is 14.0 Å². The Morgan fingerprint density at radius 2 is 1.86 bits per heavy atom. The Hall–Kier alpha value is -2.91. The van der Waals surface area contributed by atoms with Crippen molar-refractivity contribution >= 4 is 23.1 Å². The van der Waals surface area contributed by atoms with Crippen LogP contribution in [0.5, 0.6) is 11.5 Å². The average molecular weight is 426 g/mol. The number of benzene rings is 2. The molecule has 1 aliphatic rings. The molecule has 0 atom stereocenters. The summed E-state index contributed by atoms with van der Waals surface area (Å²) in [6.07, 6.45) is 0. The lowest BCUT2D eigenvalue weighted by atomic mass is 10.2. The molecule has 0 bridgehead atoms. The third kappa shape index (κ3) is 3.58. The van der Waals surface area contributed by atoms with Crippen molar-refractivity contribution in [3.05, 3.63) is 59.4 Å². The van der Waals surface area contributed by atoms with Crippen LogP contribution < -0.4 is 9.47 Å². The van der Waals surface area contributed by atoms with Gasteiger partial charge >= 0.3 is 0 Å². The Labute approximate surface area is 174 Å². The predicted molar refractivity (Wildman–Crippen MR) is 110 cm³/mol. The van der Waals surface area contributed by atoms with Gasteiger partial charge in [-0.15, -0.1) is 21.5 Å². The summed E-state index contributed by atoms with van der Waals surface area (Å²) in [5, 5.41) is 12.3. The summed E-state index contributed by atoms with van der Waals surface area (Å²) in [6, 6.07) is 12.1. The van der Waals surface area contributed by atoms with Crippen LogP contribution in [0, 0.1) is 5.82 Å². The van der Waals surface area contributed by atoms with Crippen molar-refractivity contribution in [3.63, 3.8) is 0 Å². The molecule has 1 aliphatic heterocycles. The zero-order valence-corrected chi connectivity index (χ0v) is 17.0. The lowest BCUT2D eigenvalue weighted by Gasteiger charge is -2.03. The van der Waals surface area contributed by atoms with Crippen LogP contribution in [-0.4, -0.2) is 26.5 Å². The van der Waals surface area contributed by atoms with E-state index in [0.717, 1.165) is 38.5 Å². The van der Waals surface area contributed by atoms with Crippen LogP contribution in [0.15, 0.2) is 53.0 Å². The fourth-order valence-electron chi connectivity index (χ4n) is 2.96. The second-order valence-corrected chi connectivity index (χ2v) is 8.17. The third-order valence-corrected chi connectivity index (χ3v) is 6.45. The van der Waals surface area contributed by atoms with Crippen LogP contribution in [0.25, 0.3) is 22.0 Å². The maximum Gasteiger partial charge on any atom is 0.231 e. The fraction of sp³-hybridized carbons (Fsp3) is 0.150. The molecule has 6 nitrogen and oxygen atoms in total. The predicted octanol–water partition coefficient (Wildman–Crippen LogP) is 4.77. The molecule has 0 fully saturated rings. The maximum atomic E-state index is 13.1. The van der Waals surface area contributed by atoms with Crippen molar-refractivity contribution in [3.8, 4) is 33.5 Å². The molecular weight excluding hydrogens is 411 g/mol. The Morgan fingerprint density at radius 3 is 2.72 bits per heavy atom. The summed E-state index contributed by atoms with van der Waals surface area (Å²) >= 11 is 3.15. The maximum absolute atomic E-state index is 13.1. The van der Waals surface area contributed by atoms with Gasteiger partial charge in [0.2, 0.25) is 6.79 Å². The third-order valence-electron chi connectivity index (χ3n) is 4.46. The largest absolute Gasteiger partial charge is 0.454 e. The molecule has 3 heterocycles. The van der Waals surface area contributed by atoms with E-state index in [0.29, 0.717) is 11.6 Å². The second-order valence-electron chi connectivity index (χ2n) is 6.37. The number of thiazole rings is 1. The number of thioether (sulfide) groups is 1. The summed E-state index contributed by atoms with van der Waals surface area (Å²) < 4.78 is 25.8. The molecule has 0 saturated heterocycles. The minimum Gasteiger partial charge on any atom is -0.454 e. The molecule has 0 amide bonds. The minimum atomic E-state index is -0.271. The lowest BCUT2D eigenvalue weighted by Crippen LogP contribution is -1.95. The second kappa shape index (κ2) is 7.49. The summed E-state index contributed by atoms with van der Waals surface area (Å²) in [5.74, 6) is 2.62. The van der Waals surface area contributed by atoms with E-state index < -0.39 is 0 Å². The van der Waals surface area contributed by atoms with E-state index in [9.17, 15) is 4.39 Å². The number of ether oxygens (including phenoxy) is 2. The smallest absolute Gasteiger partial charge is 0.231 e. The lowest BCUT2D eigenvalue weighted by molar-refractivity contribution is 0.174. The van der Waals surface area contributed by atoms with E-state index in [1.54, 1.807) is 35.2 Å². The van der Waals surface area contributed by atoms with Gasteiger partial charge in [0.25, 0.3) is 0 Å². The Morgan fingerprint density at radius 1 is 1.07 bits per heavy atom. The number of fused-ring (bicyclic) bond motifs is 1. The Bertz CT molecular complexity index is 1170. The number of aromatic nitrogens is 4. The van der Waals surface area contributed by atoms with Crippen LogP contribution in [-0.2, 0) is 12.8 Å². The molecular formula is C20H15FN4O2S2. The SMILES string of the molecule is Cn1c(SCc2csc(-c3ccc4c(c3)OCO4)n2)nnc1-c1ccc(F)cc1. The number of hydrogen-bond donors (Lipinski definition) is 0. The number of nitrogens with zero attached hydrogens (tertiary/aromatic N) is 4. The van der Waals surface area contributed by atoms with Gasteiger partial charge in [-0.1, -0.05) is 11.8 Å². The van der Waals surface area contributed by atoms with E-state index in [-0.39, 0.29) is 12.6 Å². The summed E-state index contributed by atoms with van der Waals surface area (Å²) in [5.41, 5.74) is 2.80. The molecule has 2 aromatic carbocycles. The standard InChI is InChI=1S/C20H15FN4O2S2/c1-25-18(12-2-5-14(21)6-3-12)23-24-20(25)29-10-15-9-28-19(22-15)13-4-7-16-17(8-13)27-11-26-16/h2-9H,10-11H2,1H3. The molecule has 0 radical (unpaired) electrons. The molecule has 4 aromatic rings. The van der Waals surface area contributed by atoms with E-state index >= 15 is 0 Å². The monoisotopic (exact) mass is 426 g/mol. The first-order valence-electron chi connectivity index (χ1n) is 8.80. The van der Waals surface area contributed by atoms with Gasteiger partial charge in [0.15, 0.2) is 22.5 Å². The zero-order valence-electron chi connectivity index (χ0n) is 15.3. The van der Waals surface area contributed by atoms with Gasteiger partial charge in [0.1, 0.15) is 10.8 Å². The molecule has 5 rings (SSSR count). The van der Waals surface area contributed by atoms with Crippen molar-refractivity contribution in [1.82, 2.24) is 19.7 Å². The van der Waals surface area contributed by atoms with Gasteiger partial charge in [0, 0.05) is 29.3 Å². The highest BCUT2D eigenvalue weighted by Crippen LogP contribution is 2.37. The summed E-state index contributed by atoms with van der Waals surface area (Å²) in [4.78, 5) is 4.73. The first kappa shape index (κ1) is 18.1. The van der Waals surface area contributed by atoms with Crippen molar-refractivity contribution < 1.29 is 13.9 Å². The first-order valence-corrected chi connectivity index (χ1v) is 10.7. The van der Waals surface area contributed by atoms with Crippen LogP contribution >= 0.6 is 23.1 Å². The highest BCUT2D eigenvalue weighted by Gasteiger charge is 2.16. The molecule has 2 aromatic heterocycles. The van der Waals surface area contributed by atoms with E-state index in [4.69, 9.17) is 14.5 Å². The number of halogens is 1. The normalized spacial score (nSPS) is 12.5. The topological polar surface area (TPSA) is 62.1 Å². The summed E-state index contributed by atoms with van der Waals surface area (Å²) in [6.45, 7) is 0.260. The number of rotatable bonds is 5. The van der Waals surface area contributed by atoms with Crippen molar-refractivity contribution in [2.24, 2.45) is 7.05 Å². The zero-order chi connectivity index (χ0) is 19.8. The molecule has 0 unspecified atom stereocenters. The molecule has 0 spiro atoms. The van der Waals surface area contributed by atoms with Crippen LogP contribution in [0.4, 0.5) is 4.39 Å². The van der Waals surface area contributed by atoms with Gasteiger partial charge in [-0.3, -0.25) is 0 Å².